The lowest BCUT2D eigenvalue weighted by Crippen LogP contribution is -2.40. The van der Waals surface area contributed by atoms with Crippen molar-refractivity contribution < 1.29 is 14.7 Å². The van der Waals surface area contributed by atoms with Gasteiger partial charge in [-0.15, -0.1) is 0 Å². The van der Waals surface area contributed by atoms with Gasteiger partial charge in [-0.25, -0.2) is 4.79 Å². The van der Waals surface area contributed by atoms with Crippen LogP contribution in [-0.2, 0) is 4.79 Å². The standard InChI is InChI=1S/C10H15N3O3/c1-3-4-7(10(15)16)11-9(14)8-5-6(2)12-13-8/h5,7H,3-4H2,1-2H3,(H,11,14)(H,12,13)(H,15,16)/t7-/m1/s1. The van der Waals surface area contributed by atoms with Crippen LogP contribution < -0.4 is 5.32 Å². The van der Waals surface area contributed by atoms with Crippen molar-refractivity contribution in [3.8, 4) is 0 Å². The van der Waals surface area contributed by atoms with Crippen molar-refractivity contribution in [1.82, 2.24) is 15.5 Å². The Kier molecular flexibility index (Phi) is 4.04. The maximum Gasteiger partial charge on any atom is 0.326 e. The lowest BCUT2D eigenvalue weighted by Gasteiger charge is -2.11. The largest absolute Gasteiger partial charge is 0.480 e. The van der Waals surface area contributed by atoms with Crippen LogP contribution in [0.2, 0.25) is 0 Å². The highest BCUT2D eigenvalue weighted by atomic mass is 16.4. The average molecular weight is 225 g/mol. The van der Waals surface area contributed by atoms with Crippen molar-refractivity contribution in [3.63, 3.8) is 0 Å². The summed E-state index contributed by atoms with van der Waals surface area (Å²) in [7, 11) is 0. The van der Waals surface area contributed by atoms with Gasteiger partial charge in [0.05, 0.1) is 0 Å². The van der Waals surface area contributed by atoms with Crippen molar-refractivity contribution in [1.29, 1.82) is 0 Å². The van der Waals surface area contributed by atoms with E-state index in [4.69, 9.17) is 5.11 Å². The van der Waals surface area contributed by atoms with Crippen molar-refractivity contribution >= 4 is 11.9 Å². The number of aryl methyl sites for hydroxylation is 1. The minimum Gasteiger partial charge on any atom is -0.480 e. The first-order chi connectivity index (χ1) is 7.54. The SMILES string of the molecule is CCC[C@@H](NC(=O)c1cc(C)[nH]n1)C(=O)O. The van der Waals surface area contributed by atoms with Crippen LogP contribution in [0.5, 0.6) is 0 Å². The third kappa shape index (κ3) is 3.08. The molecule has 0 saturated heterocycles. The number of carboxylic acids is 1. The highest BCUT2D eigenvalue weighted by Gasteiger charge is 2.20. The molecule has 0 aliphatic rings. The molecule has 1 atom stereocenters. The molecular formula is C10H15N3O3. The van der Waals surface area contributed by atoms with Gasteiger partial charge >= 0.3 is 5.97 Å². The second-order valence-corrected chi connectivity index (χ2v) is 3.59. The average Bonchev–Trinajstić information content (AvgIpc) is 2.64. The summed E-state index contributed by atoms with van der Waals surface area (Å²) < 4.78 is 0. The van der Waals surface area contributed by atoms with Gasteiger partial charge < -0.3 is 10.4 Å². The summed E-state index contributed by atoms with van der Waals surface area (Å²) in [6.45, 7) is 3.63. The van der Waals surface area contributed by atoms with Gasteiger partial charge in [-0.3, -0.25) is 9.89 Å². The predicted molar refractivity (Wildman–Crippen MR) is 57.1 cm³/mol. The number of nitrogens with zero attached hydrogens (tertiary/aromatic N) is 1. The number of rotatable bonds is 5. The molecule has 1 aromatic heterocycles. The summed E-state index contributed by atoms with van der Waals surface area (Å²) in [5.41, 5.74) is 0.965. The van der Waals surface area contributed by atoms with E-state index in [1.807, 2.05) is 6.92 Å². The van der Waals surface area contributed by atoms with E-state index in [2.05, 4.69) is 15.5 Å². The molecule has 0 spiro atoms. The van der Waals surface area contributed by atoms with E-state index in [0.29, 0.717) is 12.8 Å². The molecule has 0 aliphatic heterocycles. The number of amides is 1. The molecule has 6 heteroatoms. The van der Waals surface area contributed by atoms with Gasteiger partial charge in [0.1, 0.15) is 11.7 Å². The van der Waals surface area contributed by atoms with Crippen LogP contribution in [0.15, 0.2) is 6.07 Å². The first kappa shape index (κ1) is 12.2. The monoisotopic (exact) mass is 225 g/mol. The van der Waals surface area contributed by atoms with Crippen LogP contribution in [-0.4, -0.2) is 33.2 Å². The Morgan fingerprint density at radius 1 is 1.62 bits per heavy atom. The first-order valence-corrected chi connectivity index (χ1v) is 5.10. The van der Waals surface area contributed by atoms with Gasteiger partial charge in [0, 0.05) is 5.69 Å². The highest BCUT2D eigenvalue weighted by molar-refractivity contribution is 5.94. The summed E-state index contributed by atoms with van der Waals surface area (Å²) in [6.07, 6.45) is 1.10. The molecule has 16 heavy (non-hydrogen) atoms. The number of aliphatic carboxylic acids is 1. The summed E-state index contributed by atoms with van der Waals surface area (Å²) in [5, 5.41) is 17.7. The number of carboxylic acid groups (broad SMARTS) is 1. The third-order valence-corrected chi connectivity index (χ3v) is 2.12. The van der Waals surface area contributed by atoms with Gasteiger partial charge in [0.25, 0.3) is 5.91 Å². The highest BCUT2D eigenvalue weighted by Crippen LogP contribution is 2.01. The number of carbonyl (C=O) groups excluding carboxylic acids is 1. The van der Waals surface area contributed by atoms with E-state index in [9.17, 15) is 9.59 Å². The van der Waals surface area contributed by atoms with Gasteiger partial charge in [-0.1, -0.05) is 13.3 Å². The van der Waals surface area contributed by atoms with Gasteiger partial charge in [0.2, 0.25) is 0 Å². The second kappa shape index (κ2) is 5.29. The molecule has 0 fully saturated rings. The fraction of sp³-hybridized carbons (Fsp3) is 0.500. The molecule has 1 amide bonds. The van der Waals surface area contributed by atoms with Crippen LogP contribution in [0, 0.1) is 6.92 Å². The fourth-order valence-corrected chi connectivity index (χ4v) is 1.31. The maximum absolute atomic E-state index is 11.6. The molecule has 3 N–H and O–H groups in total. The predicted octanol–water partition coefficient (Wildman–Crippen LogP) is 0.701. The van der Waals surface area contributed by atoms with Crippen LogP contribution >= 0.6 is 0 Å². The molecular weight excluding hydrogens is 210 g/mol. The lowest BCUT2D eigenvalue weighted by molar-refractivity contribution is -0.139. The summed E-state index contributed by atoms with van der Waals surface area (Å²) in [6, 6.07) is 0.717. The Morgan fingerprint density at radius 3 is 2.75 bits per heavy atom. The van der Waals surface area contributed by atoms with Crippen molar-refractivity contribution in [3.05, 3.63) is 17.5 Å². The number of hydrogen-bond acceptors (Lipinski definition) is 3. The lowest BCUT2D eigenvalue weighted by atomic mass is 10.1. The Bertz CT molecular complexity index is 386. The van der Waals surface area contributed by atoms with Crippen LogP contribution in [0.25, 0.3) is 0 Å². The number of aromatic nitrogens is 2. The molecule has 0 aliphatic carbocycles. The molecule has 0 bridgehead atoms. The second-order valence-electron chi connectivity index (χ2n) is 3.59. The maximum atomic E-state index is 11.6. The Labute approximate surface area is 93.1 Å². The zero-order chi connectivity index (χ0) is 12.1. The minimum atomic E-state index is -1.03. The quantitative estimate of drug-likeness (QED) is 0.687. The topological polar surface area (TPSA) is 95.1 Å². The van der Waals surface area contributed by atoms with E-state index < -0.39 is 17.9 Å². The molecule has 0 saturated carbocycles. The summed E-state index contributed by atoms with van der Waals surface area (Å²) in [5.74, 6) is -1.49. The molecule has 1 aromatic rings. The number of carbonyl (C=O) groups is 2. The van der Waals surface area contributed by atoms with Gasteiger partial charge in [0.15, 0.2) is 0 Å². The molecule has 88 valence electrons. The van der Waals surface area contributed by atoms with Gasteiger partial charge in [-0.2, -0.15) is 5.10 Å². The Morgan fingerprint density at radius 2 is 2.31 bits per heavy atom. The van der Waals surface area contributed by atoms with E-state index in [1.54, 1.807) is 13.0 Å². The van der Waals surface area contributed by atoms with E-state index in [0.717, 1.165) is 5.69 Å². The summed E-state index contributed by atoms with van der Waals surface area (Å²) >= 11 is 0. The summed E-state index contributed by atoms with van der Waals surface area (Å²) in [4.78, 5) is 22.4. The van der Waals surface area contributed by atoms with E-state index in [-0.39, 0.29) is 5.69 Å². The zero-order valence-electron chi connectivity index (χ0n) is 9.28. The molecule has 1 rings (SSSR count). The number of hydrogen-bond donors (Lipinski definition) is 3. The third-order valence-electron chi connectivity index (χ3n) is 2.12. The van der Waals surface area contributed by atoms with Crippen LogP contribution in [0.4, 0.5) is 0 Å². The normalized spacial score (nSPS) is 12.1. The number of aromatic amines is 1. The molecule has 0 unspecified atom stereocenters. The number of H-pyrrole nitrogens is 1. The molecule has 0 radical (unpaired) electrons. The van der Waals surface area contributed by atoms with Crippen molar-refractivity contribution in [2.75, 3.05) is 0 Å². The number of nitrogens with one attached hydrogen (secondary N) is 2. The molecule has 0 aromatic carbocycles. The van der Waals surface area contributed by atoms with Gasteiger partial charge in [-0.05, 0) is 19.4 Å². The molecule has 1 heterocycles. The fourth-order valence-electron chi connectivity index (χ4n) is 1.31. The van der Waals surface area contributed by atoms with Crippen molar-refractivity contribution in [2.24, 2.45) is 0 Å². The zero-order valence-corrected chi connectivity index (χ0v) is 9.28. The van der Waals surface area contributed by atoms with E-state index in [1.165, 1.54) is 0 Å². The Hall–Kier alpha value is -1.85. The van der Waals surface area contributed by atoms with Crippen LogP contribution in [0.1, 0.15) is 35.9 Å². The minimum absolute atomic E-state index is 0.208. The van der Waals surface area contributed by atoms with E-state index >= 15 is 0 Å². The van der Waals surface area contributed by atoms with Crippen LogP contribution in [0.3, 0.4) is 0 Å². The first-order valence-electron chi connectivity index (χ1n) is 5.10. The smallest absolute Gasteiger partial charge is 0.326 e. The van der Waals surface area contributed by atoms with Crippen molar-refractivity contribution in [2.45, 2.75) is 32.7 Å². The Balaban J connectivity index is 2.65. The molecule has 6 nitrogen and oxygen atoms in total.